The van der Waals surface area contributed by atoms with Crippen molar-refractivity contribution in [2.24, 2.45) is 0 Å². The van der Waals surface area contributed by atoms with Crippen molar-refractivity contribution in [2.75, 3.05) is 13.1 Å². The second-order valence-electron chi connectivity index (χ2n) is 3.31. The molecule has 0 bridgehead atoms. The molecule has 0 aromatic carbocycles. The minimum Gasteiger partial charge on any atom is -0.206 e. The van der Waals surface area contributed by atoms with E-state index >= 15 is 0 Å². The molecule has 3 nitrogen and oxygen atoms in total. The molecule has 0 spiro atoms. The van der Waals surface area contributed by atoms with Crippen molar-refractivity contribution >= 4 is 48.9 Å². The van der Waals surface area contributed by atoms with Crippen molar-refractivity contribution in [2.45, 2.75) is 15.5 Å². The van der Waals surface area contributed by atoms with Gasteiger partial charge < -0.3 is 0 Å². The molecule has 1 aliphatic heterocycles. The molecule has 1 saturated heterocycles. The molecule has 1 aromatic rings. The van der Waals surface area contributed by atoms with Crippen LogP contribution in [0.5, 0.6) is 0 Å². The van der Waals surface area contributed by atoms with E-state index < -0.39 is 10.0 Å². The Labute approximate surface area is 106 Å². The van der Waals surface area contributed by atoms with Crippen LogP contribution < -0.4 is 0 Å². The van der Waals surface area contributed by atoms with Crippen LogP contribution in [0.25, 0.3) is 0 Å². The quantitative estimate of drug-likeness (QED) is 0.782. The van der Waals surface area contributed by atoms with Crippen LogP contribution >= 0.6 is 38.9 Å². The summed E-state index contributed by atoms with van der Waals surface area (Å²) in [5.41, 5.74) is 0. The second kappa shape index (κ2) is 4.33. The van der Waals surface area contributed by atoms with Gasteiger partial charge in [-0.1, -0.05) is 27.5 Å². The molecular weight excluding hydrogens is 322 g/mol. The molecule has 0 N–H and O–H groups in total. The van der Waals surface area contributed by atoms with Crippen LogP contribution in [-0.2, 0) is 10.0 Å². The zero-order valence-electron chi connectivity index (χ0n) is 7.69. The van der Waals surface area contributed by atoms with Crippen molar-refractivity contribution in [1.29, 1.82) is 0 Å². The van der Waals surface area contributed by atoms with Crippen LogP contribution in [0.3, 0.4) is 0 Å². The molecule has 2 rings (SSSR count). The lowest BCUT2D eigenvalue weighted by Gasteiger charge is -2.13. The van der Waals surface area contributed by atoms with Gasteiger partial charge in [0.05, 0.1) is 4.34 Å². The normalized spacial score (nSPS) is 23.5. The summed E-state index contributed by atoms with van der Waals surface area (Å²) in [5.74, 6) is 0. The van der Waals surface area contributed by atoms with Crippen LogP contribution in [0.4, 0.5) is 0 Å². The van der Waals surface area contributed by atoms with Crippen molar-refractivity contribution < 1.29 is 8.42 Å². The highest BCUT2D eigenvalue weighted by molar-refractivity contribution is 9.09. The van der Waals surface area contributed by atoms with Crippen molar-refractivity contribution in [3.05, 3.63) is 16.5 Å². The average molecular weight is 331 g/mol. The highest BCUT2D eigenvalue weighted by atomic mass is 79.9. The first-order valence-electron chi connectivity index (χ1n) is 4.40. The van der Waals surface area contributed by atoms with Gasteiger partial charge in [0, 0.05) is 17.9 Å². The third-order valence-electron chi connectivity index (χ3n) is 2.24. The van der Waals surface area contributed by atoms with Gasteiger partial charge in [0.15, 0.2) is 0 Å². The Bertz CT molecular complexity index is 459. The monoisotopic (exact) mass is 329 g/mol. The molecule has 7 heteroatoms. The maximum Gasteiger partial charge on any atom is 0.252 e. The van der Waals surface area contributed by atoms with Gasteiger partial charge in [-0.15, -0.1) is 11.3 Å². The Hall–Kier alpha value is 0.380. The number of alkyl halides is 1. The Kier molecular flexibility index (Phi) is 3.42. The lowest BCUT2D eigenvalue weighted by Crippen LogP contribution is -2.28. The Morgan fingerprint density at radius 1 is 1.53 bits per heavy atom. The number of thiophene rings is 1. The molecule has 2 heterocycles. The molecule has 0 aliphatic carbocycles. The number of sulfonamides is 1. The molecule has 1 fully saturated rings. The van der Waals surface area contributed by atoms with E-state index in [4.69, 9.17) is 11.6 Å². The van der Waals surface area contributed by atoms with Crippen molar-refractivity contribution in [3.8, 4) is 0 Å². The number of hydrogen-bond acceptors (Lipinski definition) is 3. The first-order valence-corrected chi connectivity index (χ1v) is 7.95. The van der Waals surface area contributed by atoms with Crippen LogP contribution in [0.15, 0.2) is 16.3 Å². The van der Waals surface area contributed by atoms with Gasteiger partial charge in [-0.3, -0.25) is 0 Å². The van der Waals surface area contributed by atoms with E-state index in [1.54, 1.807) is 12.1 Å². The molecule has 1 aliphatic rings. The first-order chi connectivity index (χ1) is 7.00. The maximum absolute atomic E-state index is 12.1. The van der Waals surface area contributed by atoms with Gasteiger partial charge in [0.2, 0.25) is 0 Å². The fourth-order valence-corrected chi connectivity index (χ4v) is 5.35. The molecule has 0 amide bonds. The van der Waals surface area contributed by atoms with Gasteiger partial charge in [0.1, 0.15) is 4.21 Å². The van der Waals surface area contributed by atoms with Gasteiger partial charge in [-0.05, 0) is 18.6 Å². The summed E-state index contributed by atoms with van der Waals surface area (Å²) in [6.07, 6.45) is 0.859. The molecular formula is C8H9BrClNO2S2. The lowest BCUT2D eigenvalue weighted by atomic mass is 10.4. The number of hydrogen-bond donors (Lipinski definition) is 0. The van der Waals surface area contributed by atoms with Gasteiger partial charge in [-0.25, -0.2) is 8.42 Å². The predicted molar refractivity (Wildman–Crippen MR) is 65.4 cm³/mol. The topological polar surface area (TPSA) is 37.4 Å². The van der Waals surface area contributed by atoms with E-state index in [0.717, 1.165) is 17.8 Å². The third kappa shape index (κ3) is 2.39. The minimum absolute atomic E-state index is 0.266. The molecule has 1 atom stereocenters. The summed E-state index contributed by atoms with van der Waals surface area (Å²) in [5, 5.41) is 0. The largest absolute Gasteiger partial charge is 0.252 e. The second-order valence-corrected chi connectivity index (χ2v) is 8.48. The van der Waals surface area contributed by atoms with E-state index in [-0.39, 0.29) is 4.83 Å². The molecule has 1 unspecified atom stereocenters. The number of rotatable bonds is 2. The van der Waals surface area contributed by atoms with Crippen LogP contribution in [0.2, 0.25) is 4.34 Å². The van der Waals surface area contributed by atoms with Crippen molar-refractivity contribution in [3.63, 3.8) is 0 Å². The molecule has 84 valence electrons. The minimum atomic E-state index is -3.31. The predicted octanol–water partition coefficient (Wildman–Crippen LogP) is 2.56. The zero-order valence-corrected chi connectivity index (χ0v) is 11.7. The van der Waals surface area contributed by atoms with Gasteiger partial charge in [0.25, 0.3) is 10.0 Å². The molecule has 15 heavy (non-hydrogen) atoms. The van der Waals surface area contributed by atoms with E-state index in [1.807, 2.05) is 0 Å². The zero-order chi connectivity index (χ0) is 11.1. The van der Waals surface area contributed by atoms with Crippen LogP contribution in [0, 0.1) is 0 Å². The van der Waals surface area contributed by atoms with Crippen LogP contribution in [0.1, 0.15) is 6.42 Å². The first kappa shape index (κ1) is 11.9. The lowest BCUT2D eigenvalue weighted by molar-refractivity contribution is 0.480. The van der Waals surface area contributed by atoms with E-state index in [1.165, 1.54) is 4.31 Å². The molecule has 0 radical (unpaired) electrons. The summed E-state index contributed by atoms with van der Waals surface area (Å²) in [4.78, 5) is 0.266. The van der Waals surface area contributed by atoms with Gasteiger partial charge >= 0.3 is 0 Å². The van der Waals surface area contributed by atoms with E-state index in [2.05, 4.69) is 15.9 Å². The number of nitrogens with zero attached hydrogens (tertiary/aromatic N) is 1. The third-order valence-corrected chi connectivity index (χ3v) is 6.55. The summed E-state index contributed by atoms with van der Waals surface area (Å²) < 4.78 is 26.4. The fourth-order valence-electron chi connectivity index (χ4n) is 1.47. The summed E-state index contributed by atoms with van der Waals surface area (Å²) in [6.45, 7) is 1.12. The Morgan fingerprint density at radius 2 is 2.27 bits per heavy atom. The summed E-state index contributed by atoms with van der Waals surface area (Å²) in [7, 11) is -3.31. The highest BCUT2D eigenvalue weighted by Gasteiger charge is 2.32. The smallest absolute Gasteiger partial charge is 0.206 e. The maximum atomic E-state index is 12.1. The molecule has 0 saturated carbocycles. The summed E-state index contributed by atoms with van der Waals surface area (Å²) >= 11 is 10.3. The van der Waals surface area contributed by atoms with Gasteiger partial charge in [-0.2, -0.15) is 4.31 Å². The summed E-state index contributed by atoms with van der Waals surface area (Å²) in [6, 6.07) is 3.17. The SMILES string of the molecule is O=S(=O)(c1ccc(Cl)s1)N1CCC(Br)C1. The molecule has 1 aromatic heterocycles. The van der Waals surface area contributed by atoms with E-state index in [0.29, 0.717) is 21.6 Å². The Balaban J connectivity index is 2.27. The fraction of sp³-hybridized carbons (Fsp3) is 0.500. The number of halogens is 2. The van der Waals surface area contributed by atoms with E-state index in [9.17, 15) is 8.42 Å². The highest BCUT2D eigenvalue weighted by Crippen LogP contribution is 2.30. The van der Waals surface area contributed by atoms with Crippen LogP contribution in [-0.4, -0.2) is 30.6 Å². The standard InChI is InChI=1S/C8H9BrClNO2S2/c9-6-3-4-11(5-6)15(12,13)8-2-1-7(10)14-8/h1-2,6H,3-5H2. The Morgan fingerprint density at radius 3 is 2.73 bits per heavy atom. The van der Waals surface area contributed by atoms with Crippen molar-refractivity contribution in [1.82, 2.24) is 4.31 Å². The average Bonchev–Trinajstić information content (AvgIpc) is 2.74.